The number of aliphatic hydroxyl groups is 1. The Morgan fingerprint density at radius 2 is 2.13 bits per heavy atom. The van der Waals surface area contributed by atoms with Crippen LogP contribution in [0.4, 0.5) is 19.0 Å². The Morgan fingerprint density at radius 1 is 1.35 bits per heavy atom. The molecule has 0 amide bonds. The van der Waals surface area contributed by atoms with Gasteiger partial charge in [-0.3, -0.25) is 5.10 Å². The first-order valence-corrected chi connectivity index (χ1v) is 7.31. The number of pyridine rings is 1. The molecule has 1 saturated heterocycles. The molecule has 2 atom stereocenters. The Morgan fingerprint density at radius 3 is 2.78 bits per heavy atom. The van der Waals surface area contributed by atoms with E-state index in [0.717, 1.165) is 17.5 Å². The summed E-state index contributed by atoms with van der Waals surface area (Å²) in [5.74, 6) is 0.147. The summed E-state index contributed by atoms with van der Waals surface area (Å²) >= 11 is 0. The molecule has 1 fully saturated rings. The zero-order valence-electron chi connectivity index (χ0n) is 12.5. The van der Waals surface area contributed by atoms with Crippen molar-refractivity contribution in [2.45, 2.75) is 25.6 Å². The molecule has 5 nitrogen and oxygen atoms in total. The van der Waals surface area contributed by atoms with Crippen LogP contribution in [-0.2, 0) is 12.6 Å². The van der Waals surface area contributed by atoms with Crippen molar-refractivity contribution < 1.29 is 18.3 Å². The quantitative estimate of drug-likeness (QED) is 0.907. The topological polar surface area (TPSA) is 65.0 Å². The number of halogens is 3. The second kappa shape index (κ2) is 5.84. The summed E-state index contributed by atoms with van der Waals surface area (Å²) in [4.78, 5) is 5.36. The molecule has 2 aromatic heterocycles. The summed E-state index contributed by atoms with van der Waals surface area (Å²) in [5.41, 5.74) is 0.852. The molecular weight excluding hydrogens is 309 g/mol. The van der Waals surface area contributed by atoms with Crippen molar-refractivity contribution in [1.82, 2.24) is 15.2 Å². The highest BCUT2D eigenvalue weighted by Crippen LogP contribution is 2.31. The Kier molecular flexibility index (Phi) is 4.01. The number of β-amino-alcohol motifs (C(OH)–C–C–N with tert-alkyl or cyclic N) is 1. The molecule has 3 rings (SSSR count). The van der Waals surface area contributed by atoms with E-state index in [-0.39, 0.29) is 18.3 Å². The molecule has 2 aromatic rings. The van der Waals surface area contributed by atoms with E-state index in [4.69, 9.17) is 0 Å². The molecule has 0 saturated carbocycles. The van der Waals surface area contributed by atoms with Crippen molar-refractivity contribution >= 4 is 5.82 Å². The average Bonchev–Trinajstić information content (AvgIpc) is 3.05. The van der Waals surface area contributed by atoms with Gasteiger partial charge in [0.2, 0.25) is 0 Å². The van der Waals surface area contributed by atoms with Gasteiger partial charge in [0.1, 0.15) is 11.5 Å². The van der Waals surface area contributed by atoms with E-state index >= 15 is 0 Å². The molecule has 0 radical (unpaired) electrons. The molecular formula is C15H17F3N4O. The van der Waals surface area contributed by atoms with Gasteiger partial charge in [0, 0.05) is 24.7 Å². The maximum Gasteiger partial charge on any atom is 0.433 e. The molecule has 1 aliphatic rings. The van der Waals surface area contributed by atoms with Gasteiger partial charge in [-0.1, -0.05) is 6.07 Å². The van der Waals surface area contributed by atoms with Gasteiger partial charge >= 0.3 is 6.18 Å². The zero-order valence-corrected chi connectivity index (χ0v) is 12.5. The minimum atomic E-state index is -4.47. The second-order valence-corrected chi connectivity index (χ2v) is 5.86. The molecule has 3 heterocycles. The van der Waals surface area contributed by atoms with Crippen LogP contribution in [0.25, 0.3) is 0 Å². The summed E-state index contributed by atoms with van der Waals surface area (Å²) in [6.45, 7) is 2.60. The SMILES string of the molecule is Cc1cc(C[C@@H]2CN(c3cccc(C(F)(F)F)n3)C[C@@H]2O)n[nH]1. The first kappa shape index (κ1) is 15.8. The van der Waals surface area contributed by atoms with Gasteiger partial charge in [0.15, 0.2) is 0 Å². The standard InChI is InChI=1S/C15H17F3N4O/c1-9-5-11(21-20-9)6-10-7-22(8-12(10)23)14-4-2-3-13(19-14)15(16,17)18/h2-5,10,12,23H,6-8H2,1H3,(H,20,21)/t10-,12+/m1/s1. The first-order valence-electron chi connectivity index (χ1n) is 7.31. The third kappa shape index (κ3) is 3.47. The number of anilines is 1. The highest BCUT2D eigenvalue weighted by molar-refractivity contribution is 5.41. The van der Waals surface area contributed by atoms with Gasteiger partial charge in [-0.15, -0.1) is 0 Å². The van der Waals surface area contributed by atoms with Crippen molar-refractivity contribution in [1.29, 1.82) is 0 Å². The average molecular weight is 326 g/mol. The van der Waals surface area contributed by atoms with Crippen LogP contribution >= 0.6 is 0 Å². The normalized spacial score (nSPS) is 21.9. The van der Waals surface area contributed by atoms with E-state index in [2.05, 4.69) is 15.2 Å². The van der Waals surface area contributed by atoms with E-state index < -0.39 is 18.0 Å². The smallest absolute Gasteiger partial charge is 0.391 e. The lowest BCUT2D eigenvalue weighted by molar-refractivity contribution is -0.141. The lowest BCUT2D eigenvalue weighted by Gasteiger charge is -2.18. The van der Waals surface area contributed by atoms with Crippen LogP contribution in [0.2, 0.25) is 0 Å². The Labute approximate surface area is 131 Å². The fourth-order valence-electron chi connectivity index (χ4n) is 2.85. The Hall–Kier alpha value is -2.09. The third-order valence-corrected chi connectivity index (χ3v) is 3.99. The number of nitrogens with zero attached hydrogens (tertiary/aromatic N) is 3. The summed E-state index contributed by atoms with van der Waals surface area (Å²) in [7, 11) is 0. The van der Waals surface area contributed by atoms with E-state index in [1.807, 2.05) is 13.0 Å². The van der Waals surface area contributed by atoms with Crippen LogP contribution in [0.15, 0.2) is 24.3 Å². The number of H-pyrrole nitrogens is 1. The maximum atomic E-state index is 12.8. The molecule has 1 aliphatic heterocycles. The van der Waals surface area contributed by atoms with Crippen molar-refractivity contribution in [2.24, 2.45) is 5.92 Å². The molecule has 2 N–H and O–H groups in total. The van der Waals surface area contributed by atoms with E-state index in [1.54, 1.807) is 4.90 Å². The molecule has 124 valence electrons. The number of nitrogens with one attached hydrogen (secondary N) is 1. The van der Waals surface area contributed by atoms with Crippen LogP contribution < -0.4 is 4.90 Å². The van der Waals surface area contributed by atoms with Crippen molar-refractivity contribution in [3.63, 3.8) is 0 Å². The van der Waals surface area contributed by atoms with Gasteiger partial charge in [-0.05, 0) is 31.5 Å². The highest BCUT2D eigenvalue weighted by Gasteiger charge is 2.35. The molecule has 0 aliphatic carbocycles. The molecule has 8 heteroatoms. The summed E-state index contributed by atoms with van der Waals surface area (Å²) in [6, 6.07) is 5.71. The predicted octanol–water partition coefficient (Wildman–Crippen LogP) is 2.17. The van der Waals surface area contributed by atoms with Gasteiger partial charge in [0.05, 0.1) is 11.8 Å². The molecule has 0 unspecified atom stereocenters. The van der Waals surface area contributed by atoms with Crippen molar-refractivity contribution in [3.8, 4) is 0 Å². The highest BCUT2D eigenvalue weighted by atomic mass is 19.4. The van der Waals surface area contributed by atoms with E-state index in [0.29, 0.717) is 13.0 Å². The van der Waals surface area contributed by atoms with Crippen molar-refractivity contribution in [3.05, 3.63) is 41.3 Å². The van der Waals surface area contributed by atoms with Crippen LogP contribution in [0.1, 0.15) is 17.1 Å². The monoisotopic (exact) mass is 326 g/mol. The van der Waals surface area contributed by atoms with Gasteiger partial charge < -0.3 is 10.0 Å². The van der Waals surface area contributed by atoms with Crippen LogP contribution in [0.3, 0.4) is 0 Å². The summed E-state index contributed by atoms with van der Waals surface area (Å²) in [6.07, 6.45) is -4.52. The third-order valence-electron chi connectivity index (χ3n) is 3.99. The minimum absolute atomic E-state index is 0.0888. The Balaban J connectivity index is 1.73. The fourth-order valence-corrected chi connectivity index (χ4v) is 2.85. The largest absolute Gasteiger partial charge is 0.433 e. The first-order chi connectivity index (χ1) is 10.8. The lowest BCUT2D eigenvalue weighted by Crippen LogP contribution is -2.23. The van der Waals surface area contributed by atoms with Crippen LogP contribution in [0, 0.1) is 12.8 Å². The number of aliphatic hydroxyl groups excluding tert-OH is 1. The molecule has 0 aromatic carbocycles. The summed E-state index contributed by atoms with van der Waals surface area (Å²) in [5, 5.41) is 17.2. The van der Waals surface area contributed by atoms with Crippen LogP contribution in [-0.4, -0.2) is 39.5 Å². The maximum absolute atomic E-state index is 12.8. The Bertz CT molecular complexity index is 685. The molecule has 0 bridgehead atoms. The molecule has 23 heavy (non-hydrogen) atoms. The minimum Gasteiger partial charge on any atom is -0.391 e. The fraction of sp³-hybridized carbons (Fsp3) is 0.467. The lowest BCUT2D eigenvalue weighted by atomic mass is 10.0. The van der Waals surface area contributed by atoms with Crippen LogP contribution in [0.5, 0.6) is 0 Å². The number of alkyl halides is 3. The van der Waals surface area contributed by atoms with Gasteiger partial charge in [-0.25, -0.2) is 4.98 Å². The second-order valence-electron chi connectivity index (χ2n) is 5.86. The van der Waals surface area contributed by atoms with Gasteiger partial charge in [0.25, 0.3) is 0 Å². The number of hydrogen-bond acceptors (Lipinski definition) is 4. The molecule has 0 spiro atoms. The predicted molar refractivity (Wildman–Crippen MR) is 78.0 cm³/mol. The number of aromatic nitrogens is 3. The number of hydrogen-bond donors (Lipinski definition) is 2. The summed E-state index contributed by atoms with van der Waals surface area (Å²) < 4.78 is 38.3. The van der Waals surface area contributed by atoms with Crippen molar-refractivity contribution in [2.75, 3.05) is 18.0 Å². The number of rotatable bonds is 3. The van der Waals surface area contributed by atoms with E-state index in [1.165, 1.54) is 12.1 Å². The number of aromatic amines is 1. The van der Waals surface area contributed by atoms with Gasteiger partial charge in [-0.2, -0.15) is 18.3 Å². The number of aryl methyl sites for hydroxylation is 1. The van der Waals surface area contributed by atoms with E-state index in [9.17, 15) is 18.3 Å². The zero-order chi connectivity index (χ0) is 16.6.